The van der Waals surface area contributed by atoms with Gasteiger partial charge in [0.2, 0.25) is 10.0 Å². The summed E-state index contributed by atoms with van der Waals surface area (Å²) in [6, 6.07) is 14.3. The highest BCUT2D eigenvalue weighted by atomic mass is 32.2. The zero-order chi connectivity index (χ0) is 20.4. The molecule has 152 valence electrons. The molecule has 0 radical (unpaired) electrons. The maximum absolute atomic E-state index is 13.2. The quantitative estimate of drug-likeness (QED) is 0.619. The highest BCUT2D eigenvalue weighted by Gasteiger charge is 2.30. The summed E-state index contributed by atoms with van der Waals surface area (Å²) in [4.78, 5) is 19.3. The SMILES string of the molecule is CN(Cc1nc2ccccc2s1)C(=O)c1ccccc1S(=O)(=O)N1CCCCC1. The second-order valence-corrected chi connectivity index (χ2v) is 10.2. The molecule has 2 aromatic carbocycles. The topological polar surface area (TPSA) is 70.6 Å². The van der Waals surface area contributed by atoms with E-state index in [9.17, 15) is 13.2 Å². The molecule has 1 aliphatic heterocycles. The van der Waals surface area contributed by atoms with Gasteiger partial charge in [-0.2, -0.15) is 4.31 Å². The monoisotopic (exact) mass is 429 g/mol. The first-order valence-corrected chi connectivity index (χ1v) is 11.9. The predicted octanol–water partition coefficient (Wildman–Crippen LogP) is 3.74. The van der Waals surface area contributed by atoms with Gasteiger partial charge in [0.1, 0.15) is 5.01 Å². The Labute approximate surface area is 174 Å². The summed E-state index contributed by atoms with van der Waals surface area (Å²) in [5.41, 5.74) is 1.11. The number of hydrogen-bond acceptors (Lipinski definition) is 5. The van der Waals surface area contributed by atoms with Crippen molar-refractivity contribution in [3.8, 4) is 0 Å². The molecule has 29 heavy (non-hydrogen) atoms. The van der Waals surface area contributed by atoms with E-state index in [2.05, 4.69) is 4.98 Å². The third-order valence-electron chi connectivity index (χ3n) is 5.11. The van der Waals surface area contributed by atoms with E-state index in [0.717, 1.165) is 34.5 Å². The number of benzene rings is 2. The van der Waals surface area contributed by atoms with E-state index in [0.29, 0.717) is 19.6 Å². The number of aromatic nitrogens is 1. The van der Waals surface area contributed by atoms with E-state index >= 15 is 0 Å². The second kappa shape index (κ2) is 8.22. The van der Waals surface area contributed by atoms with Crippen molar-refractivity contribution in [2.24, 2.45) is 0 Å². The van der Waals surface area contributed by atoms with E-state index in [1.807, 2.05) is 24.3 Å². The lowest BCUT2D eigenvalue weighted by atomic mass is 10.2. The number of fused-ring (bicyclic) bond motifs is 1. The Morgan fingerprint density at radius 1 is 1.07 bits per heavy atom. The van der Waals surface area contributed by atoms with E-state index in [1.165, 1.54) is 26.6 Å². The molecular formula is C21H23N3O3S2. The van der Waals surface area contributed by atoms with Crippen LogP contribution in [0.25, 0.3) is 10.2 Å². The fourth-order valence-electron chi connectivity index (χ4n) is 3.58. The minimum absolute atomic E-state index is 0.0862. The van der Waals surface area contributed by atoms with Gasteiger partial charge in [-0.15, -0.1) is 11.3 Å². The van der Waals surface area contributed by atoms with Crippen molar-refractivity contribution in [2.75, 3.05) is 20.1 Å². The van der Waals surface area contributed by atoms with Crippen LogP contribution in [0.1, 0.15) is 34.6 Å². The summed E-state index contributed by atoms with van der Waals surface area (Å²) in [5, 5.41) is 0.818. The minimum Gasteiger partial charge on any atom is -0.335 e. The molecule has 2 heterocycles. The molecule has 0 bridgehead atoms. The van der Waals surface area contributed by atoms with Crippen LogP contribution in [0, 0.1) is 0 Å². The van der Waals surface area contributed by atoms with Crippen LogP contribution in [0.2, 0.25) is 0 Å². The number of sulfonamides is 1. The Kier molecular flexibility index (Phi) is 5.67. The molecule has 1 saturated heterocycles. The molecule has 4 rings (SSSR count). The van der Waals surface area contributed by atoms with Crippen molar-refractivity contribution in [2.45, 2.75) is 30.7 Å². The van der Waals surface area contributed by atoms with Crippen LogP contribution in [0.5, 0.6) is 0 Å². The van der Waals surface area contributed by atoms with Gasteiger partial charge in [-0.25, -0.2) is 13.4 Å². The van der Waals surface area contributed by atoms with Crippen molar-refractivity contribution in [3.63, 3.8) is 0 Å². The van der Waals surface area contributed by atoms with E-state index in [4.69, 9.17) is 0 Å². The summed E-state index contributed by atoms with van der Waals surface area (Å²) in [6.45, 7) is 1.34. The minimum atomic E-state index is -3.69. The summed E-state index contributed by atoms with van der Waals surface area (Å²) in [5.74, 6) is -0.319. The zero-order valence-electron chi connectivity index (χ0n) is 16.2. The maximum Gasteiger partial charge on any atom is 0.255 e. The molecule has 3 aromatic rings. The number of carbonyl (C=O) groups excluding carboxylic acids is 1. The smallest absolute Gasteiger partial charge is 0.255 e. The van der Waals surface area contributed by atoms with Crippen LogP contribution >= 0.6 is 11.3 Å². The van der Waals surface area contributed by atoms with Gasteiger partial charge in [0.15, 0.2) is 0 Å². The van der Waals surface area contributed by atoms with Crippen LogP contribution < -0.4 is 0 Å². The number of nitrogens with zero attached hydrogens (tertiary/aromatic N) is 3. The fraction of sp³-hybridized carbons (Fsp3) is 0.333. The van der Waals surface area contributed by atoms with Crippen molar-refractivity contribution >= 4 is 37.5 Å². The van der Waals surface area contributed by atoms with Crippen molar-refractivity contribution in [1.82, 2.24) is 14.2 Å². The molecule has 0 unspecified atom stereocenters. The van der Waals surface area contributed by atoms with Gasteiger partial charge < -0.3 is 4.90 Å². The van der Waals surface area contributed by atoms with Crippen LogP contribution in [-0.4, -0.2) is 48.7 Å². The maximum atomic E-state index is 13.2. The number of para-hydroxylation sites is 1. The van der Waals surface area contributed by atoms with Crippen LogP contribution in [0.3, 0.4) is 0 Å². The first-order valence-electron chi connectivity index (χ1n) is 9.66. The number of amides is 1. The lowest BCUT2D eigenvalue weighted by molar-refractivity contribution is 0.0781. The van der Waals surface area contributed by atoms with Gasteiger partial charge in [-0.1, -0.05) is 30.7 Å². The molecule has 0 spiro atoms. The standard InChI is InChI=1S/C21H23N3O3S2/c1-23(15-20-22-17-10-4-5-11-18(17)28-20)21(25)16-9-3-6-12-19(16)29(26,27)24-13-7-2-8-14-24/h3-6,9-12H,2,7-8,13-15H2,1H3. The average molecular weight is 430 g/mol. The first kappa shape index (κ1) is 20.0. The Hall–Kier alpha value is -2.29. The molecule has 1 aromatic heterocycles. The number of hydrogen-bond donors (Lipinski definition) is 0. The second-order valence-electron chi connectivity index (χ2n) is 7.20. The molecule has 1 aliphatic rings. The molecule has 8 heteroatoms. The summed E-state index contributed by atoms with van der Waals surface area (Å²) < 4.78 is 28.9. The lowest BCUT2D eigenvalue weighted by Gasteiger charge is -2.27. The van der Waals surface area contributed by atoms with Gasteiger partial charge in [0.25, 0.3) is 5.91 Å². The molecule has 6 nitrogen and oxygen atoms in total. The predicted molar refractivity (Wildman–Crippen MR) is 114 cm³/mol. The van der Waals surface area contributed by atoms with Gasteiger partial charge >= 0.3 is 0 Å². The molecule has 0 N–H and O–H groups in total. The van der Waals surface area contributed by atoms with Gasteiger partial charge in [-0.3, -0.25) is 4.79 Å². The highest BCUT2D eigenvalue weighted by molar-refractivity contribution is 7.89. The first-order chi connectivity index (χ1) is 14.0. The molecule has 1 fully saturated rings. The third kappa shape index (κ3) is 4.05. The number of rotatable bonds is 5. The van der Waals surface area contributed by atoms with Crippen LogP contribution in [0.15, 0.2) is 53.4 Å². The average Bonchev–Trinajstić information content (AvgIpc) is 3.16. The van der Waals surface area contributed by atoms with E-state index in [1.54, 1.807) is 25.2 Å². The summed E-state index contributed by atoms with van der Waals surface area (Å²) >= 11 is 1.54. The third-order valence-corrected chi connectivity index (χ3v) is 8.09. The Balaban J connectivity index is 1.60. The summed E-state index contributed by atoms with van der Waals surface area (Å²) in [7, 11) is -2.01. The Morgan fingerprint density at radius 2 is 1.76 bits per heavy atom. The van der Waals surface area contributed by atoms with E-state index < -0.39 is 10.0 Å². The zero-order valence-corrected chi connectivity index (χ0v) is 17.9. The Morgan fingerprint density at radius 3 is 2.52 bits per heavy atom. The molecule has 0 atom stereocenters. The number of thiazole rings is 1. The van der Waals surface area contributed by atoms with Crippen LogP contribution in [0.4, 0.5) is 0 Å². The fourth-order valence-corrected chi connectivity index (χ4v) is 6.30. The lowest BCUT2D eigenvalue weighted by Crippen LogP contribution is -2.37. The number of piperidine rings is 1. The largest absolute Gasteiger partial charge is 0.335 e. The van der Waals surface area contributed by atoms with Crippen molar-refractivity contribution < 1.29 is 13.2 Å². The molecule has 1 amide bonds. The van der Waals surface area contributed by atoms with Gasteiger partial charge in [0, 0.05) is 20.1 Å². The molecular weight excluding hydrogens is 406 g/mol. The van der Waals surface area contributed by atoms with Crippen molar-refractivity contribution in [1.29, 1.82) is 0 Å². The normalized spacial score (nSPS) is 15.5. The molecule has 0 aliphatic carbocycles. The summed E-state index contributed by atoms with van der Waals surface area (Å²) in [6.07, 6.45) is 2.75. The highest BCUT2D eigenvalue weighted by Crippen LogP contribution is 2.26. The van der Waals surface area contributed by atoms with Gasteiger partial charge in [0.05, 0.1) is 27.2 Å². The van der Waals surface area contributed by atoms with Crippen LogP contribution in [-0.2, 0) is 16.6 Å². The molecule has 0 saturated carbocycles. The van der Waals surface area contributed by atoms with E-state index in [-0.39, 0.29) is 16.4 Å². The number of carbonyl (C=O) groups is 1. The van der Waals surface area contributed by atoms with Crippen molar-refractivity contribution in [3.05, 3.63) is 59.1 Å². The Bertz CT molecular complexity index is 1100. The van der Waals surface area contributed by atoms with Gasteiger partial charge in [-0.05, 0) is 37.1 Å².